The summed E-state index contributed by atoms with van der Waals surface area (Å²) in [6.45, 7) is 1.40. The number of pyridine rings is 1. The zero-order chi connectivity index (χ0) is 15.7. The van der Waals surface area contributed by atoms with E-state index in [9.17, 15) is 9.18 Å². The van der Waals surface area contributed by atoms with Gasteiger partial charge in [0.1, 0.15) is 18.2 Å². The number of nitriles is 1. The summed E-state index contributed by atoms with van der Waals surface area (Å²) in [4.78, 5) is 15.3. The Morgan fingerprint density at radius 2 is 2.18 bits per heavy atom. The lowest BCUT2D eigenvalue weighted by Gasteiger charge is -2.09. The predicted molar refractivity (Wildman–Crippen MR) is 77.4 cm³/mol. The number of halogens is 1. The first-order chi connectivity index (χ1) is 10.6. The molecule has 6 nitrogen and oxygen atoms in total. The fourth-order valence-corrected chi connectivity index (χ4v) is 2.17. The highest BCUT2D eigenvalue weighted by Gasteiger charge is 2.11. The van der Waals surface area contributed by atoms with Crippen LogP contribution in [0.1, 0.15) is 12.5 Å². The Balaban J connectivity index is 2.20. The van der Waals surface area contributed by atoms with E-state index in [0.29, 0.717) is 22.6 Å². The molecule has 1 amide bonds. The summed E-state index contributed by atoms with van der Waals surface area (Å²) in [5, 5.41) is 15.6. The first-order valence-corrected chi connectivity index (χ1v) is 6.40. The van der Waals surface area contributed by atoms with Crippen LogP contribution in [0.2, 0.25) is 0 Å². The van der Waals surface area contributed by atoms with Crippen molar-refractivity contribution in [2.45, 2.75) is 6.92 Å². The third-order valence-corrected chi connectivity index (χ3v) is 3.08. The zero-order valence-corrected chi connectivity index (χ0v) is 11.5. The van der Waals surface area contributed by atoms with Crippen molar-refractivity contribution in [2.75, 3.05) is 5.32 Å². The van der Waals surface area contributed by atoms with Crippen molar-refractivity contribution < 1.29 is 9.18 Å². The Bertz CT molecular complexity index is 925. The minimum absolute atomic E-state index is 0.0309. The number of nitrogens with one attached hydrogen (secondary N) is 1. The highest BCUT2D eigenvalue weighted by molar-refractivity contribution is 5.90. The molecule has 0 aliphatic rings. The second kappa shape index (κ2) is 5.26. The molecule has 0 aliphatic heterocycles. The quantitative estimate of drug-likeness (QED) is 0.786. The standard InChI is InChI=1S/C15H10FN5O/c1-9(22)20-12-5-14(21-15(6-12)18-8-19-21)10-2-3-11(7-17)13(16)4-10/h2-6,8H,1H3,(H,20,22). The molecular weight excluding hydrogens is 285 g/mol. The normalized spacial score (nSPS) is 10.4. The number of rotatable bonds is 2. The van der Waals surface area contributed by atoms with Crippen molar-refractivity contribution in [2.24, 2.45) is 0 Å². The van der Waals surface area contributed by atoms with E-state index in [0.717, 1.165) is 0 Å². The maximum absolute atomic E-state index is 13.8. The van der Waals surface area contributed by atoms with E-state index in [1.54, 1.807) is 24.3 Å². The SMILES string of the molecule is CC(=O)Nc1cc(-c2ccc(C#N)c(F)c2)n2ncnc2c1. The van der Waals surface area contributed by atoms with Crippen LogP contribution in [0, 0.1) is 17.1 Å². The number of hydrogen-bond acceptors (Lipinski definition) is 4. The molecule has 2 aromatic heterocycles. The molecule has 108 valence electrons. The molecule has 3 aromatic rings. The first kappa shape index (κ1) is 13.7. The third kappa shape index (κ3) is 2.38. The molecule has 7 heteroatoms. The van der Waals surface area contributed by atoms with Gasteiger partial charge < -0.3 is 5.32 Å². The number of carbonyl (C=O) groups is 1. The summed E-state index contributed by atoms with van der Waals surface area (Å²) in [5.74, 6) is -0.834. The number of aromatic nitrogens is 3. The summed E-state index contributed by atoms with van der Waals surface area (Å²) in [7, 11) is 0. The van der Waals surface area contributed by atoms with Crippen molar-refractivity contribution in [3.63, 3.8) is 0 Å². The summed E-state index contributed by atoms with van der Waals surface area (Å²) >= 11 is 0. The van der Waals surface area contributed by atoms with E-state index in [4.69, 9.17) is 5.26 Å². The van der Waals surface area contributed by atoms with Gasteiger partial charge in [-0.05, 0) is 18.2 Å². The Labute approximate surface area is 124 Å². The van der Waals surface area contributed by atoms with Crippen LogP contribution in [-0.2, 0) is 4.79 Å². The Morgan fingerprint density at radius 1 is 1.36 bits per heavy atom. The van der Waals surface area contributed by atoms with Gasteiger partial charge in [-0.15, -0.1) is 0 Å². The highest BCUT2D eigenvalue weighted by atomic mass is 19.1. The lowest BCUT2D eigenvalue weighted by Crippen LogP contribution is -2.07. The van der Waals surface area contributed by atoms with E-state index >= 15 is 0 Å². The van der Waals surface area contributed by atoms with Gasteiger partial charge >= 0.3 is 0 Å². The van der Waals surface area contributed by atoms with Crippen molar-refractivity contribution >= 4 is 17.2 Å². The minimum atomic E-state index is -0.613. The molecule has 0 unspecified atom stereocenters. The van der Waals surface area contributed by atoms with Gasteiger partial charge in [0.05, 0.1) is 11.3 Å². The summed E-state index contributed by atoms with van der Waals surface area (Å²) in [6.07, 6.45) is 1.37. The van der Waals surface area contributed by atoms with Crippen molar-refractivity contribution in [3.05, 3.63) is 48.0 Å². The first-order valence-electron chi connectivity index (χ1n) is 6.40. The molecule has 1 aromatic carbocycles. The van der Waals surface area contributed by atoms with Crippen LogP contribution in [0.4, 0.5) is 10.1 Å². The third-order valence-electron chi connectivity index (χ3n) is 3.08. The maximum atomic E-state index is 13.8. The van der Waals surface area contributed by atoms with Crippen molar-refractivity contribution in [3.8, 4) is 17.3 Å². The Kier molecular flexibility index (Phi) is 3.27. The van der Waals surface area contributed by atoms with Crippen molar-refractivity contribution in [1.29, 1.82) is 5.26 Å². The number of fused-ring (bicyclic) bond motifs is 1. The number of benzene rings is 1. The average Bonchev–Trinajstić information content (AvgIpc) is 2.94. The van der Waals surface area contributed by atoms with Gasteiger partial charge in [-0.25, -0.2) is 13.9 Å². The topological polar surface area (TPSA) is 83.1 Å². The number of carbonyl (C=O) groups excluding carboxylic acids is 1. The van der Waals surface area contributed by atoms with E-state index < -0.39 is 5.82 Å². The molecule has 0 saturated heterocycles. The van der Waals surface area contributed by atoms with Crippen LogP contribution in [0.15, 0.2) is 36.7 Å². The molecule has 3 rings (SSSR count). The molecule has 0 spiro atoms. The predicted octanol–water partition coefficient (Wildman–Crippen LogP) is 2.37. The smallest absolute Gasteiger partial charge is 0.221 e. The monoisotopic (exact) mass is 295 g/mol. The van der Waals surface area contributed by atoms with Crippen molar-refractivity contribution in [1.82, 2.24) is 14.6 Å². The van der Waals surface area contributed by atoms with Crippen LogP contribution >= 0.6 is 0 Å². The maximum Gasteiger partial charge on any atom is 0.221 e. The lowest BCUT2D eigenvalue weighted by molar-refractivity contribution is -0.114. The number of anilines is 1. The molecule has 0 saturated carbocycles. The fourth-order valence-electron chi connectivity index (χ4n) is 2.17. The number of amides is 1. The molecule has 0 aliphatic carbocycles. The average molecular weight is 295 g/mol. The molecular formula is C15H10FN5O. The van der Waals surface area contributed by atoms with Crippen LogP contribution in [0.25, 0.3) is 16.9 Å². The highest BCUT2D eigenvalue weighted by Crippen LogP contribution is 2.25. The second-order valence-corrected chi connectivity index (χ2v) is 4.65. The molecule has 0 fully saturated rings. The van der Waals surface area contributed by atoms with Gasteiger partial charge in [-0.2, -0.15) is 10.4 Å². The Morgan fingerprint density at radius 3 is 2.86 bits per heavy atom. The summed E-state index contributed by atoms with van der Waals surface area (Å²) in [6, 6.07) is 9.39. The van der Waals surface area contributed by atoms with E-state index in [2.05, 4.69) is 15.4 Å². The molecule has 0 radical (unpaired) electrons. The van der Waals surface area contributed by atoms with Crippen LogP contribution in [0.3, 0.4) is 0 Å². The van der Waals surface area contributed by atoms with Gasteiger partial charge in [0.2, 0.25) is 5.91 Å². The van der Waals surface area contributed by atoms with Crippen LogP contribution in [-0.4, -0.2) is 20.5 Å². The summed E-state index contributed by atoms with van der Waals surface area (Å²) < 4.78 is 15.4. The lowest BCUT2D eigenvalue weighted by atomic mass is 10.1. The largest absolute Gasteiger partial charge is 0.326 e. The fraction of sp³-hybridized carbons (Fsp3) is 0.0667. The molecule has 0 atom stereocenters. The number of nitrogens with zero attached hydrogens (tertiary/aromatic N) is 4. The van der Waals surface area contributed by atoms with Gasteiger partial charge in [-0.1, -0.05) is 6.07 Å². The number of hydrogen-bond donors (Lipinski definition) is 1. The van der Waals surface area contributed by atoms with Gasteiger partial charge in [0.15, 0.2) is 5.65 Å². The van der Waals surface area contributed by atoms with Crippen LogP contribution < -0.4 is 5.32 Å². The summed E-state index contributed by atoms with van der Waals surface area (Å²) in [5.41, 5.74) is 2.11. The minimum Gasteiger partial charge on any atom is -0.326 e. The van der Waals surface area contributed by atoms with Gasteiger partial charge in [0, 0.05) is 24.2 Å². The molecule has 1 N–H and O–H groups in total. The Hall–Kier alpha value is -3.27. The van der Waals surface area contributed by atoms with E-state index in [1.807, 2.05) is 0 Å². The molecule has 22 heavy (non-hydrogen) atoms. The zero-order valence-electron chi connectivity index (χ0n) is 11.5. The molecule has 0 bridgehead atoms. The van der Waals surface area contributed by atoms with Crippen LogP contribution in [0.5, 0.6) is 0 Å². The second-order valence-electron chi connectivity index (χ2n) is 4.65. The molecule has 2 heterocycles. The van der Waals surface area contributed by atoms with E-state index in [1.165, 1.54) is 29.9 Å². The van der Waals surface area contributed by atoms with E-state index in [-0.39, 0.29) is 11.5 Å². The van der Waals surface area contributed by atoms with Gasteiger partial charge in [0.25, 0.3) is 0 Å². The van der Waals surface area contributed by atoms with Gasteiger partial charge in [-0.3, -0.25) is 4.79 Å².